The first-order valence-electron chi connectivity index (χ1n) is 1.75. The predicted octanol–water partition coefficient (Wildman–Crippen LogP) is 0.657. The molecule has 0 amide bonds. The van der Waals surface area contributed by atoms with Crippen molar-refractivity contribution in [1.29, 1.82) is 0 Å². The first kappa shape index (κ1) is 6.06. The van der Waals surface area contributed by atoms with Crippen molar-refractivity contribution in [2.45, 2.75) is 0 Å². The number of ether oxygens (including phenoxy) is 1. The minimum atomic E-state index is -0.210. The van der Waals surface area contributed by atoms with Gasteiger partial charge in [0.2, 0.25) is 0 Å². The number of rotatable bonds is 3. The molecule has 0 rings (SSSR count). The Bertz CT molecular complexity index is 37.8. The molecule has 0 aromatic carbocycles. The first-order chi connectivity index (χ1) is 2.91. The molecule has 0 bridgehead atoms. The monoisotopic (exact) mass is 107 g/mol. The van der Waals surface area contributed by atoms with Gasteiger partial charge in [-0.05, 0) is 0 Å². The Balaban J connectivity index is 2.49. The highest BCUT2D eigenvalue weighted by Crippen LogP contribution is 1.86. The molecule has 1 atom stereocenters. The van der Waals surface area contributed by atoms with E-state index in [0.29, 0.717) is 12.8 Å². The van der Waals surface area contributed by atoms with E-state index >= 15 is 0 Å². The molecule has 0 aliphatic carbocycles. The Kier molecular flexibility index (Phi) is 5.11. The van der Waals surface area contributed by atoms with Gasteiger partial charge in [0.05, 0.1) is 6.61 Å². The van der Waals surface area contributed by atoms with Crippen LogP contribution in [0.25, 0.3) is 0 Å². The smallest absolute Gasteiger partial charge is 0.327 e. The van der Waals surface area contributed by atoms with Gasteiger partial charge < -0.3 is 4.74 Å². The molecule has 0 aromatic rings. The lowest BCUT2D eigenvalue weighted by Crippen LogP contribution is -1.85. The van der Waals surface area contributed by atoms with E-state index in [1.54, 1.807) is 7.11 Å². The molecular weight excluding hydrogens is 99.0 g/mol. The summed E-state index contributed by atoms with van der Waals surface area (Å²) in [6.45, 7) is 0.613. The highest BCUT2D eigenvalue weighted by atomic mass is 31.1. The number of methoxy groups -OCH3 is 1. The maximum atomic E-state index is 9.64. The van der Waals surface area contributed by atoms with Crippen molar-refractivity contribution >= 4 is 8.46 Å². The molecule has 2 nitrogen and oxygen atoms in total. The SMILES string of the molecule is COCC[PH+]=O. The third-order valence-corrected chi connectivity index (χ3v) is 0.816. The summed E-state index contributed by atoms with van der Waals surface area (Å²) in [6, 6.07) is 0. The molecule has 0 radical (unpaired) electrons. The molecule has 0 saturated carbocycles. The van der Waals surface area contributed by atoms with E-state index in [2.05, 4.69) is 4.74 Å². The quantitative estimate of drug-likeness (QED) is 0.391. The highest BCUT2D eigenvalue weighted by molar-refractivity contribution is 7.23. The fourth-order valence-corrected chi connectivity index (χ4v) is 0.431. The fourth-order valence-electron chi connectivity index (χ4n) is 0.144. The molecule has 3 heteroatoms. The molecule has 0 N–H and O–H groups in total. The van der Waals surface area contributed by atoms with Gasteiger partial charge in [0, 0.05) is 7.11 Å². The van der Waals surface area contributed by atoms with Crippen LogP contribution in [0.5, 0.6) is 0 Å². The summed E-state index contributed by atoms with van der Waals surface area (Å²) < 4.78 is 14.2. The topological polar surface area (TPSA) is 26.3 Å². The van der Waals surface area contributed by atoms with Gasteiger partial charge in [-0.1, -0.05) is 4.57 Å². The van der Waals surface area contributed by atoms with Gasteiger partial charge in [0.15, 0.2) is 6.16 Å². The van der Waals surface area contributed by atoms with Crippen molar-refractivity contribution in [3.63, 3.8) is 0 Å². The average Bonchev–Trinajstić information content (AvgIpc) is 1.61. The van der Waals surface area contributed by atoms with Crippen LogP contribution < -0.4 is 0 Å². The normalized spacial score (nSPS) is 9.50. The van der Waals surface area contributed by atoms with Crippen molar-refractivity contribution in [3.05, 3.63) is 0 Å². The Labute approximate surface area is 38.7 Å². The van der Waals surface area contributed by atoms with Crippen LogP contribution >= 0.6 is 8.46 Å². The van der Waals surface area contributed by atoms with Crippen LogP contribution in [-0.2, 0) is 9.30 Å². The molecule has 0 saturated heterocycles. The highest BCUT2D eigenvalue weighted by Gasteiger charge is 1.84. The summed E-state index contributed by atoms with van der Waals surface area (Å²) >= 11 is 0. The Morgan fingerprint density at radius 1 is 1.83 bits per heavy atom. The summed E-state index contributed by atoms with van der Waals surface area (Å²) in [7, 11) is 1.39. The van der Waals surface area contributed by atoms with E-state index in [1.165, 1.54) is 0 Å². The van der Waals surface area contributed by atoms with Crippen LogP contribution in [0, 0.1) is 0 Å². The molecule has 1 unspecified atom stereocenters. The van der Waals surface area contributed by atoms with Gasteiger partial charge in [-0.25, -0.2) is 0 Å². The molecule has 0 aliphatic rings. The molecule has 0 fully saturated rings. The summed E-state index contributed by atoms with van der Waals surface area (Å²) in [5.41, 5.74) is 0. The standard InChI is InChI=1S/C3H7O2P/c1-5-2-3-6-4/h2-3H2,1H3/p+1. The lowest BCUT2D eigenvalue weighted by atomic mass is 10.9. The van der Waals surface area contributed by atoms with Crippen LogP contribution in [0.4, 0.5) is 0 Å². The largest absolute Gasteiger partial charge is 0.380 e. The molecule has 0 aliphatic heterocycles. The molecule has 0 spiro atoms. The van der Waals surface area contributed by atoms with Crippen LogP contribution in [0.15, 0.2) is 0 Å². The third kappa shape index (κ3) is 4.06. The van der Waals surface area contributed by atoms with E-state index in [4.69, 9.17) is 0 Å². The zero-order valence-electron chi connectivity index (χ0n) is 3.73. The van der Waals surface area contributed by atoms with E-state index in [0.717, 1.165) is 0 Å². The van der Waals surface area contributed by atoms with E-state index in [1.807, 2.05) is 0 Å². The van der Waals surface area contributed by atoms with Crippen molar-refractivity contribution in [2.75, 3.05) is 19.9 Å². The predicted molar refractivity (Wildman–Crippen MR) is 25.7 cm³/mol. The van der Waals surface area contributed by atoms with E-state index in [-0.39, 0.29) is 8.46 Å². The molecule has 6 heavy (non-hydrogen) atoms. The van der Waals surface area contributed by atoms with Crippen molar-refractivity contribution in [2.24, 2.45) is 0 Å². The fraction of sp³-hybridized carbons (Fsp3) is 1.00. The second kappa shape index (κ2) is 5.06. The lowest BCUT2D eigenvalue weighted by Gasteiger charge is -1.79. The van der Waals surface area contributed by atoms with Gasteiger partial charge in [-0.3, -0.25) is 0 Å². The van der Waals surface area contributed by atoms with Crippen molar-refractivity contribution in [1.82, 2.24) is 0 Å². The van der Waals surface area contributed by atoms with Crippen LogP contribution in [0.1, 0.15) is 0 Å². The zero-order valence-corrected chi connectivity index (χ0v) is 4.73. The van der Waals surface area contributed by atoms with Crippen LogP contribution in [-0.4, -0.2) is 19.9 Å². The molecule has 0 aromatic heterocycles. The van der Waals surface area contributed by atoms with E-state index in [9.17, 15) is 4.57 Å². The van der Waals surface area contributed by atoms with Gasteiger partial charge in [0.25, 0.3) is 0 Å². The Morgan fingerprint density at radius 2 is 2.50 bits per heavy atom. The van der Waals surface area contributed by atoms with Gasteiger partial charge >= 0.3 is 8.46 Å². The Morgan fingerprint density at radius 3 is 2.67 bits per heavy atom. The lowest BCUT2D eigenvalue weighted by molar-refractivity contribution is 0.218. The van der Waals surface area contributed by atoms with Crippen molar-refractivity contribution < 1.29 is 9.30 Å². The van der Waals surface area contributed by atoms with Gasteiger partial charge in [-0.2, -0.15) is 0 Å². The maximum absolute atomic E-state index is 9.64. The zero-order chi connectivity index (χ0) is 4.83. The molecule has 36 valence electrons. The van der Waals surface area contributed by atoms with Crippen molar-refractivity contribution in [3.8, 4) is 0 Å². The summed E-state index contributed by atoms with van der Waals surface area (Å²) in [6.07, 6.45) is 0.663. The van der Waals surface area contributed by atoms with Crippen LogP contribution in [0.3, 0.4) is 0 Å². The first-order valence-corrected chi connectivity index (χ1v) is 2.87. The summed E-state index contributed by atoms with van der Waals surface area (Å²) in [4.78, 5) is 0. The summed E-state index contributed by atoms with van der Waals surface area (Å²) in [5.74, 6) is 0. The second-order valence-corrected chi connectivity index (χ2v) is 1.68. The van der Waals surface area contributed by atoms with E-state index < -0.39 is 0 Å². The number of hydrogen-bond acceptors (Lipinski definition) is 2. The Hall–Kier alpha value is 0.0600. The average molecular weight is 107 g/mol. The minimum Gasteiger partial charge on any atom is -0.380 e. The second-order valence-electron chi connectivity index (χ2n) is 0.887. The van der Waals surface area contributed by atoms with Crippen LogP contribution in [0.2, 0.25) is 0 Å². The molecule has 0 heterocycles. The minimum absolute atomic E-state index is 0.210. The number of hydrogen-bond donors (Lipinski definition) is 0. The van der Waals surface area contributed by atoms with Gasteiger partial charge in [0.1, 0.15) is 0 Å². The van der Waals surface area contributed by atoms with Gasteiger partial charge in [-0.15, -0.1) is 0 Å². The third-order valence-electron chi connectivity index (χ3n) is 0.408. The summed E-state index contributed by atoms with van der Waals surface area (Å²) in [5, 5.41) is 0. The molecular formula is C3H8O2P+. The maximum Gasteiger partial charge on any atom is 0.327 e.